The van der Waals surface area contributed by atoms with Crippen molar-refractivity contribution in [2.24, 2.45) is 40.4 Å². The van der Waals surface area contributed by atoms with Crippen LogP contribution >= 0.6 is 0 Å². The maximum atomic E-state index is 14.5. The van der Waals surface area contributed by atoms with Crippen LogP contribution in [-0.2, 0) is 29.2 Å². The summed E-state index contributed by atoms with van der Waals surface area (Å²) < 4.78 is 29.0. The number of carbonyl (C=O) groups is 5. The second-order valence-corrected chi connectivity index (χ2v) is 19.8. The molecular formula is C40H60N6O7S. The van der Waals surface area contributed by atoms with Gasteiger partial charge in [-0.15, -0.1) is 6.58 Å². The van der Waals surface area contributed by atoms with Crippen LogP contribution in [0.5, 0.6) is 0 Å². The molecule has 4 N–H and O–H groups in total. The highest BCUT2D eigenvalue weighted by Crippen LogP contribution is 2.65. The first-order valence-electron chi connectivity index (χ1n) is 19.4. The molecule has 4 aliphatic rings. The number of benzene rings is 1. The van der Waals surface area contributed by atoms with E-state index in [0.29, 0.717) is 19.5 Å². The van der Waals surface area contributed by atoms with Crippen molar-refractivity contribution in [3.05, 3.63) is 43.0 Å². The minimum absolute atomic E-state index is 0.0504. The number of nitrogens with one attached hydrogen (secondary N) is 4. The van der Waals surface area contributed by atoms with Gasteiger partial charge in [-0.05, 0) is 71.8 Å². The van der Waals surface area contributed by atoms with E-state index in [2.05, 4.69) is 41.7 Å². The molecule has 1 saturated heterocycles. The van der Waals surface area contributed by atoms with E-state index in [-0.39, 0.29) is 53.0 Å². The highest BCUT2D eigenvalue weighted by Gasteiger charge is 2.70. The van der Waals surface area contributed by atoms with E-state index >= 15 is 0 Å². The molecule has 5 rings (SSSR count). The lowest BCUT2D eigenvalue weighted by Gasteiger charge is -2.38. The average Bonchev–Trinajstić information content (AvgIpc) is 4.07. The van der Waals surface area contributed by atoms with E-state index in [1.54, 1.807) is 30.3 Å². The SMILES string of the molecule is C=CCNC(=O)C(=O)C(CC1CC1)NC(=O)[C@@H]1[C@@H]2[C@H](CN1C(=O)[C@@H](NC(=O)N[C@H](CN(CC1CC1)S(=O)(=O)c1ccccc1)C(C)C)C(C)(C)C)C2(C)C. The third-order valence-corrected chi connectivity index (χ3v) is 13.6. The smallest absolute Gasteiger partial charge is 0.315 e. The molecular weight excluding hydrogens is 709 g/mol. The molecule has 1 aliphatic heterocycles. The van der Waals surface area contributed by atoms with Crippen LogP contribution in [-0.4, -0.2) is 97.5 Å². The molecule has 5 amide bonds. The molecule has 1 unspecified atom stereocenters. The van der Waals surface area contributed by atoms with Gasteiger partial charge in [-0.1, -0.05) is 85.6 Å². The summed E-state index contributed by atoms with van der Waals surface area (Å²) in [7, 11) is -3.83. The van der Waals surface area contributed by atoms with Crippen LogP contribution in [0.4, 0.5) is 4.79 Å². The van der Waals surface area contributed by atoms with Crippen molar-refractivity contribution >= 4 is 39.6 Å². The maximum Gasteiger partial charge on any atom is 0.315 e. The zero-order valence-corrected chi connectivity index (χ0v) is 33.7. The van der Waals surface area contributed by atoms with Gasteiger partial charge in [0.2, 0.25) is 27.6 Å². The molecule has 3 aliphatic carbocycles. The van der Waals surface area contributed by atoms with E-state index in [9.17, 15) is 32.4 Å². The summed E-state index contributed by atoms with van der Waals surface area (Å²) in [4.78, 5) is 70.1. The predicted octanol–water partition coefficient (Wildman–Crippen LogP) is 3.47. The van der Waals surface area contributed by atoms with Gasteiger partial charge in [-0.25, -0.2) is 13.2 Å². The van der Waals surface area contributed by atoms with Crippen LogP contribution < -0.4 is 21.3 Å². The summed E-state index contributed by atoms with van der Waals surface area (Å²) in [5.41, 5.74) is -0.984. The van der Waals surface area contributed by atoms with Gasteiger partial charge >= 0.3 is 6.03 Å². The Morgan fingerprint density at radius 3 is 2.17 bits per heavy atom. The van der Waals surface area contributed by atoms with Gasteiger partial charge in [0.1, 0.15) is 12.1 Å². The van der Waals surface area contributed by atoms with E-state index in [1.165, 1.54) is 15.3 Å². The number of urea groups is 1. The van der Waals surface area contributed by atoms with Gasteiger partial charge < -0.3 is 26.2 Å². The third kappa shape index (κ3) is 9.53. The molecule has 13 nitrogen and oxygen atoms in total. The average molecular weight is 769 g/mol. The second-order valence-electron chi connectivity index (χ2n) is 17.8. The summed E-state index contributed by atoms with van der Waals surface area (Å²) in [5, 5.41) is 11.2. The summed E-state index contributed by atoms with van der Waals surface area (Å²) in [6.07, 6.45) is 5.55. The Bertz CT molecular complexity index is 1700. The Balaban J connectivity index is 1.32. The fourth-order valence-electron chi connectivity index (χ4n) is 7.80. The van der Waals surface area contributed by atoms with Crippen molar-refractivity contribution in [1.29, 1.82) is 0 Å². The van der Waals surface area contributed by atoms with Crippen LogP contribution in [0.2, 0.25) is 0 Å². The molecule has 54 heavy (non-hydrogen) atoms. The molecule has 1 aromatic carbocycles. The number of carbonyl (C=O) groups excluding carboxylic acids is 5. The highest BCUT2D eigenvalue weighted by atomic mass is 32.2. The number of likely N-dealkylation sites (tertiary alicyclic amines) is 1. The van der Waals surface area contributed by atoms with Crippen molar-refractivity contribution in [3.63, 3.8) is 0 Å². The number of nitrogens with zero attached hydrogens (tertiary/aromatic N) is 2. The highest BCUT2D eigenvalue weighted by molar-refractivity contribution is 7.89. The molecule has 3 saturated carbocycles. The summed E-state index contributed by atoms with van der Waals surface area (Å²) in [6.45, 7) is 17.9. The number of fused-ring (bicyclic) bond motifs is 1. The lowest BCUT2D eigenvalue weighted by molar-refractivity contribution is -0.145. The Labute approximate surface area is 320 Å². The number of sulfonamides is 1. The molecule has 1 aromatic rings. The monoisotopic (exact) mass is 768 g/mol. The number of amides is 5. The lowest BCUT2D eigenvalue weighted by atomic mass is 9.85. The van der Waals surface area contributed by atoms with Crippen molar-refractivity contribution in [3.8, 4) is 0 Å². The van der Waals surface area contributed by atoms with E-state index in [1.807, 2.05) is 34.6 Å². The molecule has 0 bridgehead atoms. The van der Waals surface area contributed by atoms with Gasteiger partial charge in [0.15, 0.2) is 0 Å². The van der Waals surface area contributed by atoms with Crippen LogP contribution in [0.15, 0.2) is 47.9 Å². The molecule has 14 heteroatoms. The fourth-order valence-corrected chi connectivity index (χ4v) is 9.36. The minimum Gasteiger partial charge on any atom is -0.346 e. The Kier molecular flexibility index (Phi) is 12.4. The van der Waals surface area contributed by atoms with Crippen LogP contribution in [0.3, 0.4) is 0 Å². The lowest BCUT2D eigenvalue weighted by Crippen LogP contribution is -2.62. The van der Waals surface area contributed by atoms with Crippen LogP contribution in [0.1, 0.15) is 80.6 Å². The summed E-state index contributed by atoms with van der Waals surface area (Å²) >= 11 is 0. The molecule has 298 valence electrons. The normalized spacial score (nSPS) is 23.5. The summed E-state index contributed by atoms with van der Waals surface area (Å²) in [5.74, 6) is -2.16. The first-order valence-corrected chi connectivity index (χ1v) is 20.9. The Morgan fingerprint density at radius 1 is 0.981 bits per heavy atom. The van der Waals surface area contributed by atoms with Gasteiger partial charge in [-0.2, -0.15) is 4.31 Å². The van der Waals surface area contributed by atoms with E-state index < -0.39 is 69.1 Å². The van der Waals surface area contributed by atoms with Crippen molar-refractivity contribution in [2.45, 2.75) is 110 Å². The second kappa shape index (κ2) is 16.1. The number of ketones is 1. The number of rotatable bonds is 18. The first kappa shape index (κ1) is 41.4. The molecule has 1 heterocycles. The molecule has 0 spiro atoms. The quantitative estimate of drug-likeness (QED) is 0.131. The van der Waals surface area contributed by atoms with Crippen molar-refractivity contribution < 1.29 is 32.4 Å². The van der Waals surface area contributed by atoms with Gasteiger partial charge in [0.05, 0.1) is 10.9 Å². The van der Waals surface area contributed by atoms with Crippen LogP contribution in [0.25, 0.3) is 0 Å². The standard InChI is InChI=1S/C40H60N6O7S/c1-9-19-41-36(49)33(47)29(20-25-15-16-25)42-35(48)32-31-28(40(31,7)8)22-46(32)37(50)34(39(4,5)6)44-38(51)43-30(24(2)3)23-45(21-26-17-18-26)54(52,53)27-13-11-10-12-14-27/h9-14,24-26,28-32,34H,1,15-23H2,2-8H3,(H,41,49)(H,42,48)(H2,43,44,51)/t28-,29?,30+,31-,32-,34+/m0/s1. The number of Topliss-reactive ketones (excluding diaryl/α,β-unsaturated/α-hetero) is 1. The van der Waals surface area contributed by atoms with Crippen molar-refractivity contribution in [2.75, 3.05) is 26.2 Å². The summed E-state index contributed by atoms with van der Waals surface area (Å²) in [6, 6.07) is 4.15. The van der Waals surface area contributed by atoms with Gasteiger partial charge in [0.25, 0.3) is 5.91 Å². The topological polar surface area (TPSA) is 174 Å². The molecule has 6 atom stereocenters. The maximum absolute atomic E-state index is 14.5. The number of piperidine rings is 1. The van der Waals surface area contributed by atoms with Crippen molar-refractivity contribution in [1.82, 2.24) is 30.5 Å². The number of hydrogen-bond donors (Lipinski definition) is 4. The zero-order chi connectivity index (χ0) is 39.7. The molecule has 0 radical (unpaired) electrons. The van der Waals surface area contributed by atoms with Gasteiger partial charge in [0, 0.05) is 32.2 Å². The van der Waals surface area contributed by atoms with E-state index in [4.69, 9.17) is 0 Å². The third-order valence-electron chi connectivity index (χ3n) is 11.7. The van der Waals surface area contributed by atoms with Crippen LogP contribution in [0, 0.1) is 40.4 Å². The Hall–Kier alpha value is -3.78. The molecule has 0 aromatic heterocycles. The Morgan fingerprint density at radius 2 is 1.61 bits per heavy atom. The fraction of sp³-hybridized carbons (Fsp3) is 0.675. The molecule has 4 fully saturated rings. The minimum atomic E-state index is -3.83. The first-order chi connectivity index (χ1) is 25.3. The largest absolute Gasteiger partial charge is 0.346 e. The van der Waals surface area contributed by atoms with Gasteiger partial charge in [-0.3, -0.25) is 19.2 Å². The predicted molar refractivity (Wildman–Crippen MR) is 205 cm³/mol. The van der Waals surface area contributed by atoms with E-state index in [0.717, 1.165) is 25.7 Å². The zero-order valence-electron chi connectivity index (χ0n) is 32.9. The number of hydrogen-bond acceptors (Lipinski definition) is 7.